The van der Waals surface area contributed by atoms with Crippen LogP contribution in [0.4, 0.5) is 11.4 Å². The number of carbonyl (C=O) groups is 1. The number of rotatable bonds is 6. The Morgan fingerprint density at radius 1 is 1.28 bits per heavy atom. The third-order valence-corrected chi connectivity index (χ3v) is 4.29. The van der Waals surface area contributed by atoms with Gasteiger partial charge in [-0.1, -0.05) is 26.0 Å². The molecule has 0 atom stereocenters. The van der Waals surface area contributed by atoms with E-state index in [1.165, 1.54) is 6.07 Å². The molecule has 0 aromatic heterocycles. The fourth-order valence-electron chi connectivity index (χ4n) is 2.22. The van der Waals surface area contributed by atoms with Crippen molar-refractivity contribution in [1.82, 2.24) is 0 Å². The molecule has 7 heteroatoms. The Labute approximate surface area is 154 Å². The van der Waals surface area contributed by atoms with Gasteiger partial charge in [-0.15, -0.1) is 0 Å². The number of amides is 1. The zero-order valence-electron chi connectivity index (χ0n) is 14.2. The Hall–Kier alpha value is -2.41. The summed E-state index contributed by atoms with van der Waals surface area (Å²) < 4.78 is 6.29. The number of nitrogens with zero attached hydrogens (tertiary/aromatic N) is 1. The molecule has 0 saturated carbocycles. The highest BCUT2D eigenvalue weighted by atomic mass is 79.9. The molecule has 2 aromatic rings. The van der Waals surface area contributed by atoms with Crippen LogP contribution in [0.15, 0.2) is 40.9 Å². The molecule has 1 N–H and O–H groups in total. The summed E-state index contributed by atoms with van der Waals surface area (Å²) in [5.74, 6) is 0.568. The molecule has 1 amide bonds. The average Bonchev–Trinajstić information content (AvgIpc) is 2.55. The standard InChI is InChI=1S/C18H19BrN2O4/c1-11(2)13-5-7-17(15(19)8-13)25-10-18(22)20-14-6-4-12(3)16(9-14)21(23)24/h4-9,11H,10H2,1-3H3,(H,20,22). The first-order chi connectivity index (χ1) is 11.8. The maximum atomic E-state index is 12.0. The summed E-state index contributed by atoms with van der Waals surface area (Å²) in [5.41, 5.74) is 2.02. The molecular weight excluding hydrogens is 388 g/mol. The Bertz CT molecular complexity index is 806. The molecule has 0 saturated heterocycles. The molecule has 0 aliphatic heterocycles. The van der Waals surface area contributed by atoms with Crippen molar-refractivity contribution in [3.63, 3.8) is 0 Å². The van der Waals surface area contributed by atoms with Crippen LogP contribution in [-0.2, 0) is 4.79 Å². The highest BCUT2D eigenvalue weighted by Gasteiger charge is 2.13. The normalized spacial score (nSPS) is 10.6. The van der Waals surface area contributed by atoms with Crippen LogP contribution >= 0.6 is 15.9 Å². The Morgan fingerprint density at radius 2 is 2.00 bits per heavy atom. The average molecular weight is 407 g/mol. The van der Waals surface area contributed by atoms with Crippen molar-refractivity contribution < 1.29 is 14.5 Å². The first-order valence-electron chi connectivity index (χ1n) is 7.75. The molecule has 25 heavy (non-hydrogen) atoms. The molecule has 6 nitrogen and oxygen atoms in total. The lowest BCUT2D eigenvalue weighted by Crippen LogP contribution is -2.20. The highest BCUT2D eigenvalue weighted by molar-refractivity contribution is 9.10. The molecule has 132 valence electrons. The molecule has 0 bridgehead atoms. The zero-order valence-corrected chi connectivity index (χ0v) is 15.8. The largest absolute Gasteiger partial charge is 0.483 e. The number of nitro benzene ring substituents is 1. The topological polar surface area (TPSA) is 81.5 Å². The van der Waals surface area contributed by atoms with Crippen molar-refractivity contribution in [2.75, 3.05) is 11.9 Å². The van der Waals surface area contributed by atoms with Gasteiger partial charge in [0.1, 0.15) is 5.75 Å². The van der Waals surface area contributed by atoms with Crippen LogP contribution in [0, 0.1) is 17.0 Å². The molecule has 0 fully saturated rings. The molecule has 0 aliphatic rings. The van der Waals surface area contributed by atoms with Crippen molar-refractivity contribution in [2.24, 2.45) is 0 Å². The van der Waals surface area contributed by atoms with Crippen LogP contribution in [-0.4, -0.2) is 17.4 Å². The van der Waals surface area contributed by atoms with Crippen molar-refractivity contribution >= 4 is 33.2 Å². The van der Waals surface area contributed by atoms with E-state index in [1.54, 1.807) is 19.1 Å². The third-order valence-electron chi connectivity index (χ3n) is 3.67. The lowest BCUT2D eigenvalue weighted by atomic mass is 10.0. The van der Waals surface area contributed by atoms with Gasteiger partial charge in [0.05, 0.1) is 9.40 Å². The van der Waals surface area contributed by atoms with Gasteiger partial charge in [-0.2, -0.15) is 0 Å². The van der Waals surface area contributed by atoms with Crippen molar-refractivity contribution in [2.45, 2.75) is 26.7 Å². The Kier molecular flexibility index (Phi) is 6.14. The van der Waals surface area contributed by atoms with Crippen molar-refractivity contribution in [3.05, 3.63) is 62.1 Å². The zero-order chi connectivity index (χ0) is 18.6. The number of hydrogen-bond acceptors (Lipinski definition) is 4. The number of benzene rings is 2. The Morgan fingerprint density at radius 3 is 2.60 bits per heavy atom. The molecule has 0 unspecified atom stereocenters. The van der Waals surface area contributed by atoms with Crippen LogP contribution in [0.5, 0.6) is 5.75 Å². The van der Waals surface area contributed by atoms with Gasteiger partial charge in [0, 0.05) is 17.3 Å². The van der Waals surface area contributed by atoms with Gasteiger partial charge in [-0.3, -0.25) is 14.9 Å². The van der Waals surface area contributed by atoms with Crippen LogP contribution in [0.1, 0.15) is 30.9 Å². The van der Waals surface area contributed by atoms with E-state index in [9.17, 15) is 14.9 Å². The van der Waals surface area contributed by atoms with Gasteiger partial charge >= 0.3 is 0 Å². The number of nitrogens with one attached hydrogen (secondary N) is 1. The SMILES string of the molecule is Cc1ccc(NC(=O)COc2ccc(C(C)C)cc2Br)cc1[N+](=O)[O-]. The summed E-state index contributed by atoms with van der Waals surface area (Å²) in [6.07, 6.45) is 0. The maximum Gasteiger partial charge on any atom is 0.274 e. The van der Waals surface area contributed by atoms with Gasteiger partial charge in [-0.05, 0) is 52.5 Å². The predicted octanol–water partition coefficient (Wildman–Crippen LogP) is 4.81. The van der Waals surface area contributed by atoms with E-state index in [1.807, 2.05) is 18.2 Å². The third kappa shape index (κ3) is 5.03. The summed E-state index contributed by atoms with van der Waals surface area (Å²) in [4.78, 5) is 22.5. The van der Waals surface area contributed by atoms with E-state index in [4.69, 9.17) is 4.74 Å². The van der Waals surface area contributed by atoms with Crippen molar-refractivity contribution in [3.8, 4) is 5.75 Å². The monoisotopic (exact) mass is 406 g/mol. The molecule has 2 rings (SSSR count). The molecule has 0 heterocycles. The minimum absolute atomic E-state index is 0.0364. The fraction of sp³-hybridized carbons (Fsp3) is 0.278. The summed E-state index contributed by atoms with van der Waals surface area (Å²) in [5, 5.41) is 13.5. The second-order valence-corrected chi connectivity index (χ2v) is 6.79. The molecule has 0 radical (unpaired) electrons. The van der Waals surface area contributed by atoms with E-state index < -0.39 is 10.8 Å². The van der Waals surface area contributed by atoms with Gasteiger partial charge in [0.15, 0.2) is 6.61 Å². The van der Waals surface area contributed by atoms with Gasteiger partial charge in [-0.25, -0.2) is 0 Å². The second-order valence-electron chi connectivity index (χ2n) is 5.94. The number of carbonyl (C=O) groups excluding carboxylic acids is 1. The van der Waals surface area contributed by atoms with E-state index in [2.05, 4.69) is 35.1 Å². The Balaban J connectivity index is 1.99. The summed E-state index contributed by atoms with van der Waals surface area (Å²) in [6.45, 7) is 5.64. The lowest BCUT2D eigenvalue weighted by Gasteiger charge is -2.11. The smallest absolute Gasteiger partial charge is 0.274 e. The van der Waals surface area contributed by atoms with Crippen LogP contribution < -0.4 is 10.1 Å². The summed E-state index contributed by atoms with van der Waals surface area (Å²) in [6, 6.07) is 10.3. The molecule has 0 aliphatic carbocycles. The fourth-order valence-corrected chi connectivity index (χ4v) is 2.73. The first kappa shape index (κ1) is 18.9. The summed E-state index contributed by atoms with van der Waals surface area (Å²) >= 11 is 3.43. The highest BCUT2D eigenvalue weighted by Crippen LogP contribution is 2.29. The maximum absolute atomic E-state index is 12.0. The first-order valence-corrected chi connectivity index (χ1v) is 8.54. The van der Waals surface area contributed by atoms with E-state index >= 15 is 0 Å². The van der Waals surface area contributed by atoms with Gasteiger partial charge in [0.25, 0.3) is 11.6 Å². The lowest BCUT2D eigenvalue weighted by molar-refractivity contribution is -0.385. The molecule has 2 aromatic carbocycles. The second kappa shape index (κ2) is 8.11. The van der Waals surface area contributed by atoms with Crippen LogP contribution in [0.2, 0.25) is 0 Å². The van der Waals surface area contributed by atoms with E-state index in [0.29, 0.717) is 22.9 Å². The molecule has 0 spiro atoms. The van der Waals surface area contributed by atoms with E-state index in [-0.39, 0.29) is 12.3 Å². The predicted molar refractivity (Wildman–Crippen MR) is 100 cm³/mol. The number of aryl methyl sites for hydroxylation is 1. The van der Waals surface area contributed by atoms with Crippen LogP contribution in [0.25, 0.3) is 0 Å². The van der Waals surface area contributed by atoms with Gasteiger partial charge in [0.2, 0.25) is 0 Å². The number of anilines is 1. The summed E-state index contributed by atoms with van der Waals surface area (Å²) in [7, 11) is 0. The van der Waals surface area contributed by atoms with Crippen LogP contribution in [0.3, 0.4) is 0 Å². The number of halogens is 1. The minimum Gasteiger partial charge on any atom is -0.483 e. The van der Waals surface area contributed by atoms with E-state index in [0.717, 1.165) is 10.0 Å². The number of nitro groups is 1. The molecular formula is C18H19BrN2O4. The van der Waals surface area contributed by atoms with Crippen molar-refractivity contribution in [1.29, 1.82) is 0 Å². The minimum atomic E-state index is -0.477. The van der Waals surface area contributed by atoms with Gasteiger partial charge < -0.3 is 10.1 Å². The quantitative estimate of drug-likeness (QED) is 0.551. The number of hydrogen-bond donors (Lipinski definition) is 1. The number of ether oxygens (including phenoxy) is 1.